The summed E-state index contributed by atoms with van der Waals surface area (Å²) < 4.78 is 1.01. The van der Waals surface area contributed by atoms with Crippen molar-refractivity contribution in [3.05, 3.63) is 64.6 Å². The summed E-state index contributed by atoms with van der Waals surface area (Å²) in [5, 5.41) is 10.7. The van der Waals surface area contributed by atoms with Gasteiger partial charge in [0.25, 0.3) is 0 Å². The fourth-order valence-electron chi connectivity index (χ4n) is 2.02. The van der Waals surface area contributed by atoms with Crippen LogP contribution in [0.25, 0.3) is 10.9 Å². The minimum absolute atomic E-state index is 0.275. The standard InChI is InChI=1S/C16H10BrNO2S/c17-12-5-1-2-7-14(12)21-15-9-8-10-11(16(19)20)4-3-6-13(10)18-15/h1-9H,(H,19,20). The number of fused-ring (bicyclic) bond motifs is 1. The average Bonchev–Trinajstić information content (AvgIpc) is 2.48. The van der Waals surface area contributed by atoms with Crippen LogP contribution in [0.2, 0.25) is 0 Å². The molecule has 0 aliphatic heterocycles. The third-order valence-corrected chi connectivity index (χ3v) is 4.95. The van der Waals surface area contributed by atoms with Crippen LogP contribution in [0.5, 0.6) is 0 Å². The van der Waals surface area contributed by atoms with Crippen LogP contribution < -0.4 is 0 Å². The lowest BCUT2D eigenvalue weighted by atomic mass is 10.1. The molecule has 0 spiro atoms. The molecule has 0 bridgehead atoms. The van der Waals surface area contributed by atoms with Crippen molar-refractivity contribution >= 4 is 44.6 Å². The van der Waals surface area contributed by atoms with Crippen LogP contribution in [0.1, 0.15) is 10.4 Å². The molecule has 0 saturated heterocycles. The van der Waals surface area contributed by atoms with Crippen LogP contribution in [0.3, 0.4) is 0 Å². The van der Waals surface area contributed by atoms with Gasteiger partial charge in [0.2, 0.25) is 0 Å². The van der Waals surface area contributed by atoms with E-state index in [1.54, 1.807) is 12.1 Å². The van der Waals surface area contributed by atoms with Gasteiger partial charge in [-0.3, -0.25) is 0 Å². The number of rotatable bonds is 3. The summed E-state index contributed by atoms with van der Waals surface area (Å²) in [7, 11) is 0. The average molecular weight is 360 g/mol. The Balaban J connectivity index is 2.03. The maximum absolute atomic E-state index is 11.2. The molecular formula is C16H10BrNO2S. The SMILES string of the molecule is O=C(O)c1cccc2nc(Sc3ccccc3Br)ccc12. The van der Waals surface area contributed by atoms with Crippen molar-refractivity contribution in [1.82, 2.24) is 4.98 Å². The second-order valence-corrected chi connectivity index (χ2v) is 6.28. The minimum Gasteiger partial charge on any atom is -0.478 e. The van der Waals surface area contributed by atoms with Gasteiger partial charge in [-0.25, -0.2) is 9.78 Å². The molecule has 3 nitrogen and oxygen atoms in total. The van der Waals surface area contributed by atoms with Crippen molar-refractivity contribution < 1.29 is 9.90 Å². The Morgan fingerprint density at radius 1 is 1.05 bits per heavy atom. The number of aromatic carboxylic acids is 1. The second-order valence-electron chi connectivity index (χ2n) is 4.36. The molecule has 3 aromatic rings. The van der Waals surface area contributed by atoms with Gasteiger partial charge >= 0.3 is 5.97 Å². The van der Waals surface area contributed by atoms with Crippen LogP contribution >= 0.6 is 27.7 Å². The van der Waals surface area contributed by atoms with Crippen molar-refractivity contribution in [3.63, 3.8) is 0 Å². The maximum Gasteiger partial charge on any atom is 0.336 e. The molecule has 1 N–H and O–H groups in total. The van der Waals surface area contributed by atoms with Crippen LogP contribution in [0.15, 0.2) is 69.0 Å². The lowest BCUT2D eigenvalue weighted by molar-refractivity contribution is 0.0699. The molecule has 21 heavy (non-hydrogen) atoms. The van der Waals surface area contributed by atoms with Gasteiger partial charge in [-0.1, -0.05) is 30.0 Å². The molecule has 0 fully saturated rings. The number of hydrogen-bond donors (Lipinski definition) is 1. The first-order valence-corrected chi connectivity index (χ1v) is 7.81. The summed E-state index contributed by atoms with van der Waals surface area (Å²) in [6, 6.07) is 16.7. The van der Waals surface area contributed by atoms with Gasteiger partial charge in [-0.05, 0) is 52.3 Å². The highest BCUT2D eigenvalue weighted by Crippen LogP contribution is 2.33. The Kier molecular flexibility index (Phi) is 3.94. The predicted octanol–water partition coefficient (Wildman–Crippen LogP) is 4.85. The number of carbonyl (C=O) groups is 1. The molecule has 2 aromatic carbocycles. The number of benzene rings is 2. The number of carboxylic acid groups (broad SMARTS) is 1. The fraction of sp³-hybridized carbons (Fsp3) is 0. The Morgan fingerprint density at radius 3 is 2.62 bits per heavy atom. The normalized spacial score (nSPS) is 10.7. The highest BCUT2D eigenvalue weighted by atomic mass is 79.9. The molecule has 0 amide bonds. The largest absolute Gasteiger partial charge is 0.478 e. The molecule has 0 aliphatic carbocycles. The van der Waals surface area contributed by atoms with E-state index in [0.29, 0.717) is 10.9 Å². The van der Waals surface area contributed by atoms with E-state index in [4.69, 9.17) is 0 Å². The smallest absolute Gasteiger partial charge is 0.336 e. The van der Waals surface area contributed by atoms with Crippen molar-refractivity contribution in [2.75, 3.05) is 0 Å². The van der Waals surface area contributed by atoms with E-state index in [9.17, 15) is 9.90 Å². The first kappa shape index (κ1) is 14.1. The van der Waals surface area contributed by atoms with Crippen LogP contribution in [0.4, 0.5) is 0 Å². The van der Waals surface area contributed by atoms with Crippen LogP contribution in [0, 0.1) is 0 Å². The topological polar surface area (TPSA) is 50.2 Å². The van der Waals surface area contributed by atoms with Crippen LogP contribution in [-0.2, 0) is 0 Å². The molecule has 0 atom stereocenters. The molecule has 0 aliphatic rings. The van der Waals surface area contributed by atoms with E-state index in [-0.39, 0.29) is 5.56 Å². The van der Waals surface area contributed by atoms with Gasteiger partial charge in [-0.2, -0.15) is 0 Å². The highest BCUT2D eigenvalue weighted by Gasteiger charge is 2.10. The third-order valence-electron chi connectivity index (χ3n) is 2.99. The lowest BCUT2D eigenvalue weighted by Gasteiger charge is -2.06. The molecular weight excluding hydrogens is 350 g/mol. The quantitative estimate of drug-likeness (QED) is 0.726. The summed E-state index contributed by atoms with van der Waals surface area (Å²) in [4.78, 5) is 16.8. The van der Waals surface area contributed by atoms with Gasteiger partial charge in [0.1, 0.15) is 5.03 Å². The minimum atomic E-state index is -0.936. The first-order chi connectivity index (χ1) is 10.1. The van der Waals surface area contributed by atoms with Crippen LogP contribution in [-0.4, -0.2) is 16.1 Å². The number of halogens is 1. The summed E-state index contributed by atoms with van der Waals surface area (Å²) >= 11 is 5.05. The lowest BCUT2D eigenvalue weighted by Crippen LogP contribution is -1.97. The fourth-order valence-corrected chi connectivity index (χ4v) is 3.36. The Morgan fingerprint density at radius 2 is 1.86 bits per heavy atom. The van der Waals surface area contributed by atoms with E-state index in [1.165, 1.54) is 11.8 Å². The Labute approximate surface area is 134 Å². The van der Waals surface area contributed by atoms with E-state index in [2.05, 4.69) is 20.9 Å². The zero-order valence-corrected chi connectivity index (χ0v) is 13.2. The molecule has 5 heteroatoms. The van der Waals surface area contributed by atoms with Crippen molar-refractivity contribution in [2.45, 2.75) is 9.92 Å². The third kappa shape index (κ3) is 2.94. The highest BCUT2D eigenvalue weighted by molar-refractivity contribution is 9.10. The first-order valence-electron chi connectivity index (χ1n) is 6.20. The van der Waals surface area contributed by atoms with Crippen molar-refractivity contribution in [3.8, 4) is 0 Å². The zero-order chi connectivity index (χ0) is 14.8. The molecule has 1 heterocycles. The molecule has 0 radical (unpaired) electrons. The van der Waals surface area contributed by atoms with Gasteiger partial charge in [-0.15, -0.1) is 0 Å². The number of aromatic nitrogens is 1. The molecule has 3 rings (SSSR count). The van der Waals surface area contributed by atoms with Gasteiger partial charge < -0.3 is 5.11 Å². The summed E-state index contributed by atoms with van der Waals surface area (Å²) in [5.74, 6) is -0.936. The van der Waals surface area contributed by atoms with E-state index < -0.39 is 5.97 Å². The van der Waals surface area contributed by atoms with E-state index >= 15 is 0 Å². The molecule has 1 aromatic heterocycles. The number of hydrogen-bond acceptors (Lipinski definition) is 3. The zero-order valence-electron chi connectivity index (χ0n) is 10.8. The van der Waals surface area contributed by atoms with Crippen molar-refractivity contribution in [2.24, 2.45) is 0 Å². The number of pyridine rings is 1. The Hall–Kier alpha value is -1.85. The summed E-state index contributed by atoms with van der Waals surface area (Å²) in [6.07, 6.45) is 0. The Bertz CT molecular complexity index is 835. The predicted molar refractivity (Wildman–Crippen MR) is 87.0 cm³/mol. The molecule has 0 saturated carbocycles. The monoisotopic (exact) mass is 359 g/mol. The van der Waals surface area contributed by atoms with E-state index in [0.717, 1.165) is 14.4 Å². The van der Waals surface area contributed by atoms with Gasteiger partial charge in [0.15, 0.2) is 0 Å². The summed E-state index contributed by atoms with van der Waals surface area (Å²) in [6.45, 7) is 0. The summed E-state index contributed by atoms with van der Waals surface area (Å²) in [5.41, 5.74) is 0.962. The van der Waals surface area contributed by atoms with Gasteiger partial charge in [0, 0.05) is 14.8 Å². The van der Waals surface area contributed by atoms with Crippen molar-refractivity contribution in [1.29, 1.82) is 0 Å². The number of carboxylic acids is 1. The second kappa shape index (κ2) is 5.87. The van der Waals surface area contributed by atoms with Gasteiger partial charge in [0.05, 0.1) is 11.1 Å². The molecule has 104 valence electrons. The number of nitrogens with zero attached hydrogens (tertiary/aromatic N) is 1. The maximum atomic E-state index is 11.2. The molecule has 0 unspecified atom stereocenters. The van der Waals surface area contributed by atoms with E-state index in [1.807, 2.05) is 42.5 Å².